The molecule has 1 fully saturated rings. The Kier molecular flexibility index (Phi) is 4.91. The zero-order valence-corrected chi connectivity index (χ0v) is 17.3. The molecule has 2 aromatic heterocycles. The van der Waals surface area contributed by atoms with E-state index in [4.69, 9.17) is 0 Å². The van der Waals surface area contributed by atoms with E-state index in [-0.39, 0.29) is 5.56 Å². The predicted molar refractivity (Wildman–Crippen MR) is 122 cm³/mol. The molecule has 5 rings (SSSR count). The molecule has 29 heavy (non-hydrogen) atoms. The van der Waals surface area contributed by atoms with Gasteiger partial charge in [0.15, 0.2) is 0 Å². The van der Waals surface area contributed by atoms with Crippen molar-refractivity contribution in [1.82, 2.24) is 19.2 Å². The lowest BCUT2D eigenvalue weighted by molar-refractivity contribution is 0.189. The molecule has 5 nitrogen and oxygen atoms in total. The van der Waals surface area contributed by atoms with E-state index in [2.05, 4.69) is 49.7 Å². The second kappa shape index (κ2) is 7.71. The van der Waals surface area contributed by atoms with Gasteiger partial charge in [-0.05, 0) is 47.5 Å². The second-order valence-corrected chi connectivity index (χ2v) is 8.47. The number of fused-ring (bicyclic) bond motifs is 2. The summed E-state index contributed by atoms with van der Waals surface area (Å²) in [7, 11) is 0. The number of aromatic nitrogens is 2. The van der Waals surface area contributed by atoms with Crippen LogP contribution >= 0.6 is 11.9 Å². The molecule has 4 aromatic rings. The highest BCUT2D eigenvalue weighted by atomic mass is 32.2. The monoisotopic (exact) mass is 404 g/mol. The summed E-state index contributed by atoms with van der Waals surface area (Å²) in [5.41, 5.74) is 4.70. The molecule has 0 unspecified atom stereocenters. The number of aromatic amines is 2. The molecule has 3 heterocycles. The molecule has 148 valence electrons. The van der Waals surface area contributed by atoms with Crippen LogP contribution in [0.1, 0.15) is 5.56 Å². The first-order valence-electron chi connectivity index (χ1n) is 9.95. The Labute approximate surface area is 173 Å². The van der Waals surface area contributed by atoms with Crippen LogP contribution in [0.2, 0.25) is 0 Å². The summed E-state index contributed by atoms with van der Waals surface area (Å²) in [6, 6.07) is 18.5. The number of para-hydroxylation sites is 1. The zero-order valence-electron chi connectivity index (χ0n) is 16.4. The third-order valence-electron chi connectivity index (χ3n) is 5.72. The van der Waals surface area contributed by atoms with Crippen molar-refractivity contribution >= 4 is 33.8 Å². The van der Waals surface area contributed by atoms with E-state index < -0.39 is 0 Å². The van der Waals surface area contributed by atoms with E-state index in [0.29, 0.717) is 5.56 Å². The first-order valence-corrected chi connectivity index (χ1v) is 11.1. The summed E-state index contributed by atoms with van der Waals surface area (Å²) in [5, 5.41) is 2.18. The number of hydrogen-bond acceptors (Lipinski definition) is 4. The Hall–Kier alpha value is -2.54. The maximum absolute atomic E-state index is 12.6. The van der Waals surface area contributed by atoms with Crippen LogP contribution in [0.3, 0.4) is 0 Å². The standard InChI is InChI=1S/C23H24N4OS/c1-29-27-10-8-26(9-11-27)15-16-6-7-21-18(12-16)14-22(24-21)19-13-17-4-2-3-5-20(17)25-23(19)28/h2-7,12-14,24H,8-11,15H2,1H3,(H,25,28). The van der Waals surface area contributed by atoms with Crippen molar-refractivity contribution in [1.29, 1.82) is 0 Å². The average Bonchev–Trinajstić information content (AvgIpc) is 3.17. The molecule has 2 N–H and O–H groups in total. The number of piperazine rings is 1. The average molecular weight is 405 g/mol. The van der Waals surface area contributed by atoms with Crippen molar-refractivity contribution in [3.05, 3.63) is 70.5 Å². The molecule has 0 bridgehead atoms. The van der Waals surface area contributed by atoms with Crippen molar-refractivity contribution in [2.45, 2.75) is 6.54 Å². The van der Waals surface area contributed by atoms with Gasteiger partial charge in [0.05, 0.1) is 11.3 Å². The molecule has 1 aliphatic heterocycles. The SMILES string of the molecule is CSN1CCN(Cc2ccc3[nH]c(-c4cc5ccccc5[nH]c4=O)cc3c2)CC1. The summed E-state index contributed by atoms with van der Waals surface area (Å²) in [6.07, 6.45) is 2.15. The molecular formula is C23H24N4OS. The lowest BCUT2D eigenvalue weighted by Crippen LogP contribution is -2.42. The van der Waals surface area contributed by atoms with Crippen molar-refractivity contribution in [2.75, 3.05) is 32.4 Å². The van der Waals surface area contributed by atoms with Gasteiger partial charge in [-0.25, -0.2) is 4.31 Å². The molecule has 0 radical (unpaired) electrons. The fourth-order valence-electron chi connectivity index (χ4n) is 4.10. The number of benzene rings is 2. The van der Waals surface area contributed by atoms with E-state index in [0.717, 1.165) is 60.2 Å². The fourth-order valence-corrected chi connectivity index (χ4v) is 4.63. The Morgan fingerprint density at radius 3 is 2.52 bits per heavy atom. The van der Waals surface area contributed by atoms with Gasteiger partial charge in [0.2, 0.25) is 0 Å². The summed E-state index contributed by atoms with van der Waals surface area (Å²) < 4.78 is 2.42. The quantitative estimate of drug-likeness (QED) is 0.504. The number of pyridine rings is 1. The number of H-pyrrole nitrogens is 2. The van der Waals surface area contributed by atoms with Gasteiger partial charge in [0, 0.05) is 49.1 Å². The van der Waals surface area contributed by atoms with Crippen LogP contribution in [-0.4, -0.2) is 51.6 Å². The smallest absolute Gasteiger partial charge is 0.257 e. The number of hydrogen-bond donors (Lipinski definition) is 2. The molecule has 0 aliphatic carbocycles. The number of rotatable bonds is 4. The highest BCUT2D eigenvalue weighted by molar-refractivity contribution is 7.96. The molecule has 2 aromatic carbocycles. The Bertz CT molecular complexity index is 1220. The van der Waals surface area contributed by atoms with Crippen LogP contribution in [0, 0.1) is 0 Å². The second-order valence-electron chi connectivity index (χ2n) is 7.59. The van der Waals surface area contributed by atoms with E-state index in [1.165, 1.54) is 5.56 Å². The summed E-state index contributed by atoms with van der Waals surface area (Å²) in [4.78, 5) is 21.5. The minimum absolute atomic E-state index is 0.0675. The van der Waals surface area contributed by atoms with Crippen LogP contribution in [0.5, 0.6) is 0 Å². The Balaban J connectivity index is 1.43. The Morgan fingerprint density at radius 1 is 0.897 bits per heavy atom. The fraction of sp³-hybridized carbons (Fsp3) is 0.261. The Morgan fingerprint density at radius 2 is 1.69 bits per heavy atom. The minimum Gasteiger partial charge on any atom is -0.354 e. The van der Waals surface area contributed by atoms with Crippen molar-refractivity contribution < 1.29 is 0 Å². The van der Waals surface area contributed by atoms with Crippen molar-refractivity contribution in [3.8, 4) is 11.3 Å². The summed E-state index contributed by atoms with van der Waals surface area (Å²) in [6.45, 7) is 5.40. The van der Waals surface area contributed by atoms with Crippen LogP contribution in [0.4, 0.5) is 0 Å². The maximum atomic E-state index is 12.6. The summed E-state index contributed by atoms with van der Waals surface area (Å²) >= 11 is 1.83. The zero-order chi connectivity index (χ0) is 19.8. The molecule has 6 heteroatoms. The van der Waals surface area contributed by atoms with E-state index in [1.54, 1.807) is 0 Å². The first-order chi connectivity index (χ1) is 14.2. The third kappa shape index (κ3) is 3.71. The third-order valence-corrected chi connectivity index (χ3v) is 6.61. The van der Waals surface area contributed by atoms with Gasteiger partial charge in [0.25, 0.3) is 5.56 Å². The van der Waals surface area contributed by atoms with Gasteiger partial charge in [0.1, 0.15) is 0 Å². The molecule has 0 spiro atoms. The molecule has 1 saturated heterocycles. The molecular weight excluding hydrogens is 380 g/mol. The van der Waals surface area contributed by atoms with Gasteiger partial charge in [-0.3, -0.25) is 9.69 Å². The van der Waals surface area contributed by atoms with Gasteiger partial charge in [-0.1, -0.05) is 36.2 Å². The van der Waals surface area contributed by atoms with Gasteiger partial charge in [-0.15, -0.1) is 0 Å². The highest BCUT2D eigenvalue weighted by Crippen LogP contribution is 2.25. The molecule has 0 amide bonds. The van der Waals surface area contributed by atoms with Gasteiger partial charge >= 0.3 is 0 Å². The van der Waals surface area contributed by atoms with Crippen LogP contribution in [0.15, 0.2) is 59.4 Å². The highest BCUT2D eigenvalue weighted by Gasteiger charge is 2.16. The normalized spacial score (nSPS) is 16.0. The number of nitrogens with one attached hydrogen (secondary N) is 2. The molecule has 0 saturated carbocycles. The lowest BCUT2D eigenvalue weighted by atomic mass is 10.1. The van der Waals surface area contributed by atoms with Crippen molar-refractivity contribution in [3.63, 3.8) is 0 Å². The van der Waals surface area contributed by atoms with E-state index in [9.17, 15) is 4.79 Å². The van der Waals surface area contributed by atoms with Crippen LogP contribution in [0.25, 0.3) is 33.1 Å². The predicted octanol–water partition coefficient (Wildman–Crippen LogP) is 4.07. The van der Waals surface area contributed by atoms with Gasteiger partial charge < -0.3 is 9.97 Å². The van der Waals surface area contributed by atoms with E-state index >= 15 is 0 Å². The van der Waals surface area contributed by atoms with Gasteiger partial charge in [-0.2, -0.15) is 0 Å². The topological polar surface area (TPSA) is 55.1 Å². The first kappa shape index (κ1) is 18.5. The molecule has 1 aliphatic rings. The van der Waals surface area contributed by atoms with Crippen LogP contribution < -0.4 is 5.56 Å². The minimum atomic E-state index is -0.0675. The van der Waals surface area contributed by atoms with E-state index in [1.807, 2.05) is 42.3 Å². The largest absolute Gasteiger partial charge is 0.354 e. The molecule has 0 atom stereocenters. The summed E-state index contributed by atoms with van der Waals surface area (Å²) in [5.74, 6) is 0. The van der Waals surface area contributed by atoms with Crippen LogP contribution in [-0.2, 0) is 6.54 Å². The van der Waals surface area contributed by atoms with Crippen molar-refractivity contribution in [2.24, 2.45) is 0 Å². The number of nitrogens with zero attached hydrogens (tertiary/aromatic N) is 2. The lowest BCUT2D eigenvalue weighted by Gasteiger charge is -2.33. The maximum Gasteiger partial charge on any atom is 0.257 e.